The summed E-state index contributed by atoms with van der Waals surface area (Å²) >= 11 is 0. The van der Waals surface area contributed by atoms with Crippen molar-refractivity contribution in [1.29, 1.82) is 0 Å². The Morgan fingerprint density at radius 1 is 0.933 bits per heavy atom. The summed E-state index contributed by atoms with van der Waals surface area (Å²) in [5, 5.41) is 6.72. The Bertz CT molecular complexity index is 1100. The summed E-state index contributed by atoms with van der Waals surface area (Å²) in [4.78, 5) is 4.01. The maximum atomic E-state index is 13.4. The molecule has 1 N–H and O–H groups in total. The second-order valence-corrected chi connectivity index (χ2v) is 5.69. The molecule has 0 aliphatic carbocycles. The first-order valence-corrected chi connectivity index (χ1v) is 8.35. The zero-order chi connectivity index (χ0) is 20.8. The van der Waals surface area contributed by atoms with Crippen LogP contribution < -0.4 is 5.32 Å². The average molecular weight is 591 g/mol. The molecule has 1 radical (unpaired) electrons. The van der Waals surface area contributed by atoms with Crippen LogP contribution >= 0.6 is 0 Å². The van der Waals surface area contributed by atoms with Gasteiger partial charge in [-0.2, -0.15) is 11.2 Å². The topological polar surface area (TPSA) is 42.7 Å². The van der Waals surface area contributed by atoms with Crippen LogP contribution in [0.1, 0.15) is 0 Å². The smallest absolute Gasteiger partial charge is 0.0493 e. The van der Waals surface area contributed by atoms with Gasteiger partial charge in [-0.15, -0.1) is 24.3 Å². The molecule has 0 fully saturated rings. The van der Waals surface area contributed by atoms with Gasteiger partial charge in [0.1, 0.15) is 0 Å². The largest absolute Gasteiger partial charge is 0.389 e. The van der Waals surface area contributed by atoms with Gasteiger partial charge in [0.05, 0.1) is 0 Å². The van der Waals surface area contributed by atoms with Crippen LogP contribution in [0.5, 0.6) is 0 Å². The quantitative estimate of drug-likeness (QED) is 0.275. The van der Waals surface area contributed by atoms with Crippen molar-refractivity contribution >= 4 is 5.69 Å². The molecule has 4 aromatic rings. The van der Waals surface area contributed by atoms with Crippen LogP contribution in [0.25, 0.3) is 16.9 Å². The first-order valence-electron chi connectivity index (χ1n) is 8.35. The van der Waals surface area contributed by atoms with Gasteiger partial charge in [-0.25, -0.2) is 0 Å². The zero-order valence-corrected chi connectivity index (χ0v) is 17.9. The number of nitrogens with one attached hydrogen (secondary N) is 1. The Labute approximate surface area is 183 Å². The molecule has 0 saturated heterocycles. The van der Waals surface area contributed by atoms with Crippen molar-refractivity contribution in [3.8, 4) is 16.9 Å². The number of rotatable bonds is 3. The molecule has 0 amide bonds. The number of nitrogens with zero attached hydrogens (tertiary/aromatic N) is 3. The van der Waals surface area contributed by atoms with E-state index in [-0.39, 0.29) is 31.4 Å². The summed E-state index contributed by atoms with van der Waals surface area (Å²) in [6, 6.07) is 13.8. The third-order valence-electron chi connectivity index (χ3n) is 3.73. The molecule has 4 nitrogen and oxygen atoms in total. The van der Waals surface area contributed by atoms with Crippen molar-refractivity contribution in [2.75, 3.05) is 12.4 Å². The van der Waals surface area contributed by atoms with Crippen LogP contribution in [0.3, 0.4) is 0 Å². The normalized spacial score (nSPS) is 9.90. The van der Waals surface area contributed by atoms with E-state index in [9.17, 15) is 17.6 Å². The summed E-state index contributed by atoms with van der Waals surface area (Å²) in [6.07, 6.45) is 4.63. The molecule has 0 aliphatic heterocycles. The number of aromatic nitrogens is 3. The molecule has 4 rings (SSSR count). The Kier molecular flexibility index (Phi) is 8.26. The third kappa shape index (κ3) is 5.75. The predicted octanol–water partition coefficient (Wildman–Crippen LogP) is 4.82. The van der Waals surface area contributed by atoms with E-state index in [0.717, 1.165) is 30.0 Å². The van der Waals surface area contributed by atoms with Gasteiger partial charge in [0.15, 0.2) is 0 Å². The van der Waals surface area contributed by atoms with E-state index < -0.39 is 23.3 Å². The summed E-state index contributed by atoms with van der Waals surface area (Å²) in [7, 11) is 1.75. The maximum absolute atomic E-state index is 13.4. The first-order chi connectivity index (χ1) is 14.0. The van der Waals surface area contributed by atoms with Crippen LogP contribution in [0, 0.1) is 35.4 Å². The molecule has 2 aromatic carbocycles. The number of hydrogen-bond acceptors (Lipinski definition) is 3. The number of pyridine rings is 1. The molecule has 0 aliphatic rings. The van der Waals surface area contributed by atoms with E-state index in [0.29, 0.717) is 5.69 Å². The van der Waals surface area contributed by atoms with Gasteiger partial charge in [-0.05, 0) is 23.5 Å². The van der Waals surface area contributed by atoms with Crippen LogP contribution in [0.2, 0.25) is 0 Å². The van der Waals surface area contributed by atoms with Crippen molar-refractivity contribution in [1.82, 2.24) is 14.8 Å². The minimum Gasteiger partial charge on any atom is -0.389 e. The van der Waals surface area contributed by atoms with Gasteiger partial charge >= 0.3 is 0 Å². The number of anilines is 1. The van der Waals surface area contributed by atoms with Crippen molar-refractivity contribution in [2.45, 2.75) is 0 Å². The minimum atomic E-state index is -0.677. The molecule has 30 heavy (non-hydrogen) atoms. The molecule has 9 heteroatoms. The fraction of sp³-hybridized carbons (Fsp3) is 0.0476. The summed E-state index contributed by atoms with van der Waals surface area (Å²) < 4.78 is 53.0. The molecular formula is C21H14F4IrN4-2. The first kappa shape index (κ1) is 23.3. The van der Waals surface area contributed by atoms with Crippen molar-refractivity contribution < 1.29 is 37.7 Å². The summed E-state index contributed by atoms with van der Waals surface area (Å²) in [5.74, 6) is -2.64. The van der Waals surface area contributed by atoms with Crippen LogP contribution in [-0.2, 0) is 20.1 Å². The molecule has 0 atom stereocenters. The van der Waals surface area contributed by atoms with Crippen molar-refractivity contribution in [3.63, 3.8) is 0 Å². The van der Waals surface area contributed by atoms with Gasteiger partial charge in [0, 0.05) is 74.7 Å². The van der Waals surface area contributed by atoms with E-state index in [1.54, 1.807) is 37.6 Å². The molecular weight excluding hydrogens is 576 g/mol. The summed E-state index contributed by atoms with van der Waals surface area (Å²) in [5.41, 5.74) is 1.51. The van der Waals surface area contributed by atoms with E-state index in [1.165, 1.54) is 10.9 Å². The van der Waals surface area contributed by atoms with Crippen LogP contribution in [0.15, 0.2) is 61.1 Å². The molecule has 0 saturated carbocycles. The van der Waals surface area contributed by atoms with Gasteiger partial charge in [0.25, 0.3) is 0 Å². The van der Waals surface area contributed by atoms with Gasteiger partial charge in [0.2, 0.25) is 0 Å². The van der Waals surface area contributed by atoms with E-state index in [2.05, 4.69) is 27.5 Å². The Morgan fingerprint density at radius 2 is 1.63 bits per heavy atom. The predicted molar refractivity (Wildman–Crippen MR) is 100 cm³/mol. The van der Waals surface area contributed by atoms with Gasteiger partial charge in [-0.3, -0.25) is 22.2 Å². The molecule has 0 spiro atoms. The number of benzene rings is 2. The van der Waals surface area contributed by atoms with Gasteiger partial charge < -0.3 is 10.3 Å². The van der Waals surface area contributed by atoms with E-state index in [1.807, 2.05) is 0 Å². The van der Waals surface area contributed by atoms with Crippen LogP contribution in [-0.4, -0.2) is 21.8 Å². The van der Waals surface area contributed by atoms with Crippen LogP contribution in [0.4, 0.5) is 23.2 Å². The Hall–Kier alpha value is -3.03. The minimum absolute atomic E-state index is 0. The molecule has 157 valence electrons. The van der Waals surface area contributed by atoms with E-state index in [4.69, 9.17) is 0 Å². The molecule has 2 heterocycles. The third-order valence-corrected chi connectivity index (χ3v) is 3.73. The Balaban J connectivity index is 0.000000211. The monoisotopic (exact) mass is 591 g/mol. The summed E-state index contributed by atoms with van der Waals surface area (Å²) in [6.45, 7) is 0. The molecule has 0 unspecified atom stereocenters. The fourth-order valence-corrected chi connectivity index (χ4v) is 2.38. The van der Waals surface area contributed by atoms with E-state index >= 15 is 0 Å². The fourth-order valence-electron chi connectivity index (χ4n) is 2.38. The standard InChI is InChI=1S/C12H9F2N2.C9H5F2N2.Ir/c1-15-9-4-5-16-12(7-9)10-3-2-8(13)6-11(10)14;10-7-2-3-9(8(11)6-7)13-5-1-4-12-13;/h2,4-7H,1H3,(H,15,16);1-2,4-6H;/q2*-1;. The second-order valence-electron chi connectivity index (χ2n) is 5.69. The maximum Gasteiger partial charge on any atom is 0.0493 e. The second kappa shape index (κ2) is 10.7. The SMILES string of the molecule is CNc1ccnc(-c2[c-]cc(F)cc2F)c1.Fc1c[c-]c(-n2cccn2)c(F)c1.[Ir]. The van der Waals surface area contributed by atoms with Crippen molar-refractivity contribution in [3.05, 3.63) is 96.5 Å². The zero-order valence-electron chi connectivity index (χ0n) is 15.5. The van der Waals surface area contributed by atoms with Crippen molar-refractivity contribution in [2.24, 2.45) is 0 Å². The number of halogens is 4. The Morgan fingerprint density at radius 3 is 2.23 bits per heavy atom. The number of hydrogen-bond donors (Lipinski definition) is 1. The molecule has 0 bridgehead atoms. The average Bonchev–Trinajstić information content (AvgIpc) is 3.23. The molecule has 2 aromatic heterocycles. The van der Waals surface area contributed by atoms with Gasteiger partial charge in [-0.1, -0.05) is 17.7 Å².